The molecule has 0 aliphatic carbocycles. The van der Waals surface area contributed by atoms with Crippen molar-refractivity contribution < 1.29 is 9.53 Å². The second-order valence-corrected chi connectivity index (χ2v) is 5.13. The summed E-state index contributed by atoms with van der Waals surface area (Å²) in [5.41, 5.74) is 5.17. The maximum absolute atomic E-state index is 12.1. The molecule has 0 aromatic heterocycles. The molecule has 1 atom stereocenters. The Morgan fingerprint density at radius 3 is 2.35 bits per heavy atom. The highest BCUT2D eigenvalue weighted by molar-refractivity contribution is 5.99. The largest absolute Gasteiger partial charge is 0.497 e. The van der Waals surface area contributed by atoms with Crippen LogP contribution in [0, 0.1) is 0 Å². The fraction of sp³-hybridized carbons (Fsp3) is 0.222. The predicted octanol–water partition coefficient (Wildman–Crippen LogP) is 3.04. The van der Waals surface area contributed by atoms with Gasteiger partial charge in [0.15, 0.2) is 0 Å². The molecular weight excluding hydrogens is 290 g/mol. The van der Waals surface area contributed by atoms with E-state index in [1.54, 1.807) is 14.0 Å². The van der Waals surface area contributed by atoms with Gasteiger partial charge in [-0.3, -0.25) is 4.79 Å². The van der Waals surface area contributed by atoms with Gasteiger partial charge >= 0.3 is 0 Å². The van der Waals surface area contributed by atoms with E-state index < -0.39 is 6.04 Å². The lowest BCUT2D eigenvalue weighted by atomic mass is 10.1. The van der Waals surface area contributed by atoms with E-state index in [0.717, 1.165) is 22.7 Å². The second kappa shape index (κ2) is 7.98. The van der Waals surface area contributed by atoms with Crippen molar-refractivity contribution in [1.82, 2.24) is 5.43 Å². The number of nitrogens with zero attached hydrogens (tertiary/aromatic N) is 1. The van der Waals surface area contributed by atoms with Gasteiger partial charge in [0.1, 0.15) is 11.8 Å². The Labute approximate surface area is 136 Å². The number of benzene rings is 2. The van der Waals surface area contributed by atoms with Crippen LogP contribution in [-0.4, -0.2) is 24.8 Å². The number of hydrazone groups is 1. The van der Waals surface area contributed by atoms with Gasteiger partial charge in [0.05, 0.1) is 12.8 Å². The van der Waals surface area contributed by atoms with Gasteiger partial charge in [0.2, 0.25) is 0 Å². The molecule has 5 heteroatoms. The SMILES string of the molecule is COc1ccc(N[C@H](C)C(=O)NN=C(C)c2ccccc2)cc1. The van der Waals surface area contributed by atoms with Crippen molar-refractivity contribution >= 4 is 17.3 Å². The highest BCUT2D eigenvalue weighted by Crippen LogP contribution is 2.15. The van der Waals surface area contributed by atoms with Gasteiger partial charge in [0, 0.05) is 5.69 Å². The van der Waals surface area contributed by atoms with Crippen molar-refractivity contribution in [3.8, 4) is 5.75 Å². The first-order valence-corrected chi connectivity index (χ1v) is 7.40. The fourth-order valence-corrected chi connectivity index (χ4v) is 1.98. The van der Waals surface area contributed by atoms with Crippen LogP contribution in [0.25, 0.3) is 0 Å². The van der Waals surface area contributed by atoms with Crippen LogP contribution in [0.1, 0.15) is 19.4 Å². The smallest absolute Gasteiger partial charge is 0.262 e. The van der Waals surface area contributed by atoms with Gasteiger partial charge in [-0.1, -0.05) is 30.3 Å². The average Bonchev–Trinajstić information content (AvgIpc) is 2.60. The molecule has 0 unspecified atom stereocenters. The van der Waals surface area contributed by atoms with Gasteiger partial charge in [-0.15, -0.1) is 0 Å². The van der Waals surface area contributed by atoms with Crippen LogP contribution in [0.3, 0.4) is 0 Å². The lowest BCUT2D eigenvalue weighted by molar-refractivity contribution is -0.121. The normalized spacial score (nSPS) is 12.4. The van der Waals surface area contributed by atoms with Crippen LogP contribution in [0.5, 0.6) is 5.75 Å². The molecule has 0 fully saturated rings. The topological polar surface area (TPSA) is 62.7 Å². The van der Waals surface area contributed by atoms with Crippen LogP contribution < -0.4 is 15.5 Å². The van der Waals surface area contributed by atoms with Crippen molar-refractivity contribution in [2.75, 3.05) is 12.4 Å². The minimum atomic E-state index is -0.407. The molecule has 120 valence electrons. The first-order chi connectivity index (χ1) is 11.1. The summed E-state index contributed by atoms with van der Waals surface area (Å²) in [4.78, 5) is 12.1. The molecule has 2 N–H and O–H groups in total. The van der Waals surface area contributed by atoms with Crippen molar-refractivity contribution in [2.24, 2.45) is 5.10 Å². The highest BCUT2D eigenvalue weighted by atomic mass is 16.5. The number of ether oxygens (including phenoxy) is 1. The summed E-state index contributed by atoms with van der Waals surface area (Å²) in [5, 5.41) is 7.26. The number of nitrogens with one attached hydrogen (secondary N) is 2. The Hall–Kier alpha value is -2.82. The first-order valence-electron chi connectivity index (χ1n) is 7.40. The van der Waals surface area contributed by atoms with E-state index in [4.69, 9.17) is 4.74 Å². The third kappa shape index (κ3) is 4.85. The molecule has 2 rings (SSSR count). The Morgan fingerprint density at radius 2 is 1.74 bits per heavy atom. The van der Waals surface area contributed by atoms with Gasteiger partial charge in [-0.05, 0) is 43.7 Å². The van der Waals surface area contributed by atoms with Crippen LogP contribution in [-0.2, 0) is 4.79 Å². The highest BCUT2D eigenvalue weighted by Gasteiger charge is 2.12. The van der Waals surface area contributed by atoms with E-state index >= 15 is 0 Å². The molecule has 0 bridgehead atoms. The van der Waals surface area contributed by atoms with E-state index in [9.17, 15) is 4.79 Å². The summed E-state index contributed by atoms with van der Waals surface area (Å²) in [7, 11) is 1.62. The Kier molecular flexibility index (Phi) is 5.74. The number of methoxy groups -OCH3 is 1. The Balaban J connectivity index is 1.91. The zero-order chi connectivity index (χ0) is 16.7. The maximum atomic E-state index is 12.1. The molecule has 0 saturated carbocycles. The molecule has 1 amide bonds. The minimum absolute atomic E-state index is 0.198. The predicted molar refractivity (Wildman–Crippen MR) is 92.9 cm³/mol. The maximum Gasteiger partial charge on any atom is 0.262 e. The number of hydrogen-bond acceptors (Lipinski definition) is 4. The molecule has 2 aromatic rings. The van der Waals surface area contributed by atoms with Crippen LogP contribution in [0.2, 0.25) is 0 Å². The summed E-state index contributed by atoms with van der Waals surface area (Å²) in [6, 6.07) is 16.7. The average molecular weight is 311 g/mol. The van der Waals surface area contributed by atoms with Crippen molar-refractivity contribution in [1.29, 1.82) is 0 Å². The lowest BCUT2D eigenvalue weighted by Crippen LogP contribution is -2.35. The fourth-order valence-electron chi connectivity index (χ4n) is 1.98. The summed E-state index contributed by atoms with van der Waals surface area (Å²) in [5.74, 6) is 0.576. The van der Waals surface area contributed by atoms with Gasteiger partial charge in [-0.25, -0.2) is 5.43 Å². The molecule has 0 radical (unpaired) electrons. The molecule has 2 aromatic carbocycles. The summed E-state index contributed by atoms with van der Waals surface area (Å²) in [6.07, 6.45) is 0. The van der Waals surface area contributed by atoms with E-state index in [-0.39, 0.29) is 5.91 Å². The van der Waals surface area contributed by atoms with Crippen molar-refractivity contribution in [3.05, 3.63) is 60.2 Å². The minimum Gasteiger partial charge on any atom is -0.497 e. The first kappa shape index (κ1) is 16.5. The van der Waals surface area contributed by atoms with Crippen LogP contribution >= 0.6 is 0 Å². The van der Waals surface area contributed by atoms with Crippen LogP contribution in [0.4, 0.5) is 5.69 Å². The zero-order valence-corrected chi connectivity index (χ0v) is 13.5. The summed E-state index contributed by atoms with van der Waals surface area (Å²) >= 11 is 0. The Morgan fingerprint density at radius 1 is 1.09 bits per heavy atom. The Bertz CT molecular complexity index is 666. The number of anilines is 1. The number of carbonyl (C=O) groups is 1. The molecule has 0 spiro atoms. The molecule has 23 heavy (non-hydrogen) atoms. The number of amides is 1. The summed E-state index contributed by atoms with van der Waals surface area (Å²) < 4.78 is 5.10. The standard InChI is InChI=1S/C18H21N3O2/c1-13(15-7-5-4-6-8-15)20-21-18(22)14(2)19-16-9-11-17(23-3)12-10-16/h4-12,14,19H,1-3H3,(H,21,22)/t14-/m1/s1. The molecule has 0 saturated heterocycles. The van der Waals surface area contributed by atoms with Gasteiger partial charge in [-0.2, -0.15) is 5.10 Å². The van der Waals surface area contributed by atoms with Crippen LogP contribution in [0.15, 0.2) is 59.7 Å². The van der Waals surface area contributed by atoms with E-state index in [2.05, 4.69) is 15.8 Å². The second-order valence-electron chi connectivity index (χ2n) is 5.13. The number of hydrogen-bond donors (Lipinski definition) is 2. The van der Waals surface area contributed by atoms with Gasteiger partial charge in [0.25, 0.3) is 5.91 Å². The molecule has 0 aliphatic rings. The van der Waals surface area contributed by atoms with Crippen molar-refractivity contribution in [3.63, 3.8) is 0 Å². The zero-order valence-electron chi connectivity index (χ0n) is 13.5. The third-order valence-electron chi connectivity index (χ3n) is 3.39. The van der Waals surface area contributed by atoms with E-state index in [1.165, 1.54) is 0 Å². The number of carbonyl (C=O) groups excluding carboxylic acids is 1. The van der Waals surface area contributed by atoms with Crippen molar-refractivity contribution in [2.45, 2.75) is 19.9 Å². The summed E-state index contributed by atoms with van der Waals surface area (Å²) in [6.45, 7) is 3.64. The monoisotopic (exact) mass is 311 g/mol. The van der Waals surface area contributed by atoms with Gasteiger partial charge < -0.3 is 10.1 Å². The van der Waals surface area contributed by atoms with E-state index in [1.807, 2.05) is 61.5 Å². The lowest BCUT2D eigenvalue weighted by Gasteiger charge is -2.14. The molecule has 0 aliphatic heterocycles. The molecule has 0 heterocycles. The quantitative estimate of drug-likeness (QED) is 0.637. The number of rotatable bonds is 6. The molecular formula is C18H21N3O2. The third-order valence-corrected chi connectivity index (χ3v) is 3.39. The molecule has 5 nitrogen and oxygen atoms in total. The van der Waals surface area contributed by atoms with E-state index in [0.29, 0.717) is 0 Å².